The van der Waals surface area contributed by atoms with Crippen LogP contribution in [0.15, 0.2) is 29.3 Å². The summed E-state index contributed by atoms with van der Waals surface area (Å²) < 4.78 is 29.3. The first-order chi connectivity index (χ1) is 14.0. The highest BCUT2D eigenvalue weighted by Gasteiger charge is 2.49. The summed E-state index contributed by atoms with van der Waals surface area (Å²) in [6.45, 7) is 5.34. The van der Waals surface area contributed by atoms with Crippen LogP contribution in [0.2, 0.25) is 5.02 Å². The number of sulfone groups is 1. The number of para-hydroxylation sites is 1. The van der Waals surface area contributed by atoms with E-state index < -0.39 is 27.4 Å². The van der Waals surface area contributed by atoms with Crippen molar-refractivity contribution in [2.75, 3.05) is 23.0 Å². The standard InChI is InChI=1S/C19H24ClN3O5S2/c1-19(2,3)28-18(25)21-9-8-16(24)22-17-23(13-7-5-4-6-12(13)20)14-10-30(26,27)11-15(14)29-17/h4-7,14-15H,8-11H2,1-3H3,(H,21,25)/t14-,15+/m0/s1. The summed E-state index contributed by atoms with van der Waals surface area (Å²) >= 11 is 7.61. The fraction of sp³-hybridized carbons (Fsp3) is 0.526. The van der Waals surface area contributed by atoms with Crippen LogP contribution in [0.5, 0.6) is 0 Å². The van der Waals surface area contributed by atoms with Gasteiger partial charge in [0.15, 0.2) is 15.0 Å². The third-order valence-electron chi connectivity index (χ3n) is 4.41. The summed E-state index contributed by atoms with van der Waals surface area (Å²) in [7, 11) is -3.16. The van der Waals surface area contributed by atoms with Gasteiger partial charge in [-0.05, 0) is 32.9 Å². The van der Waals surface area contributed by atoms with Crippen LogP contribution < -0.4 is 10.2 Å². The molecule has 1 aromatic rings. The number of nitrogens with zero attached hydrogens (tertiary/aromatic N) is 2. The van der Waals surface area contributed by atoms with Crippen molar-refractivity contribution >= 4 is 56.1 Å². The van der Waals surface area contributed by atoms with Crippen molar-refractivity contribution in [2.24, 2.45) is 4.99 Å². The minimum Gasteiger partial charge on any atom is -0.444 e. The largest absolute Gasteiger partial charge is 0.444 e. The number of halogens is 1. The summed E-state index contributed by atoms with van der Waals surface area (Å²) in [5.74, 6) is -0.395. The van der Waals surface area contributed by atoms with Gasteiger partial charge in [-0.1, -0.05) is 35.5 Å². The number of rotatable bonds is 4. The van der Waals surface area contributed by atoms with E-state index in [4.69, 9.17) is 16.3 Å². The van der Waals surface area contributed by atoms with Crippen LogP contribution >= 0.6 is 23.4 Å². The number of carbonyl (C=O) groups is 2. The normalized spacial score (nSPS) is 24.0. The zero-order valence-corrected chi connectivity index (χ0v) is 19.3. The van der Waals surface area contributed by atoms with E-state index in [0.717, 1.165) is 0 Å². The lowest BCUT2D eigenvalue weighted by molar-refractivity contribution is -0.117. The van der Waals surface area contributed by atoms with Crippen molar-refractivity contribution in [3.63, 3.8) is 0 Å². The van der Waals surface area contributed by atoms with E-state index in [1.54, 1.807) is 49.9 Å². The molecule has 2 saturated heterocycles. The number of nitrogens with one attached hydrogen (secondary N) is 1. The number of benzene rings is 1. The second-order valence-corrected chi connectivity index (χ2v) is 11.9. The molecule has 0 aliphatic carbocycles. The van der Waals surface area contributed by atoms with Gasteiger partial charge in [0.2, 0.25) is 5.91 Å². The average molecular weight is 474 g/mol. The van der Waals surface area contributed by atoms with Crippen LogP contribution in [0, 0.1) is 0 Å². The molecule has 2 aliphatic rings. The Kier molecular flexibility index (Phi) is 6.69. The second-order valence-electron chi connectivity index (χ2n) is 8.09. The Bertz CT molecular complexity index is 975. The molecule has 0 bridgehead atoms. The van der Waals surface area contributed by atoms with Gasteiger partial charge in [-0.25, -0.2) is 13.2 Å². The van der Waals surface area contributed by atoms with E-state index in [0.29, 0.717) is 15.9 Å². The summed E-state index contributed by atoms with van der Waals surface area (Å²) in [4.78, 5) is 30.0. The van der Waals surface area contributed by atoms with E-state index in [-0.39, 0.29) is 35.8 Å². The van der Waals surface area contributed by atoms with Crippen LogP contribution in [0.4, 0.5) is 10.5 Å². The number of alkyl carbamates (subject to hydrolysis) is 1. The monoisotopic (exact) mass is 473 g/mol. The molecule has 2 heterocycles. The fourth-order valence-electron chi connectivity index (χ4n) is 3.24. The van der Waals surface area contributed by atoms with E-state index in [2.05, 4.69) is 10.3 Å². The fourth-order valence-corrected chi connectivity index (χ4v) is 7.39. The number of anilines is 1. The van der Waals surface area contributed by atoms with Crippen LogP contribution in [0.3, 0.4) is 0 Å². The molecule has 0 unspecified atom stereocenters. The molecule has 0 aromatic heterocycles. The van der Waals surface area contributed by atoms with Crippen LogP contribution in [0.25, 0.3) is 0 Å². The molecule has 0 spiro atoms. The molecule has 164 valence electrons. The molecular formula is C19H24ClN3O5S2. The molecule has 0 saturated carbocycles. The zero-order chi connectivity index (χ0) is 22.1. The molecule has 1 aromatic carbocycles. The Morgan fingerprint density at radius 1 is 1.30 bits per heavy atom. The van der Waals surface area contributed by atoms with Crippen molar-refractivity contribution in [1.82, 2.24) is 5.32 Å². The number of carbonyl (C=O) groups excluding carboxylic acids is 2. The number of amidine groups is 1. The van der Waals surface area contributed by atoms with Crippen LogP contribution in [-0.4, -0.2) is 60.5 Å². The van der Waals surface area contributed by atoms with Crippen molar-refractivity contribution in [1.29, 1.82) is 0 Å². The third-order valence-corrected chi connectivity index (χ3v) is 7.94. The van der Waals surface area contributed by atoms with E-state index in [1.165, 1.54) is 11.8 Å². The van der Waals surface area contributed by atoms with Crippen molar-refractivity contribution in [3.8, 4) is 0 Å². The van der Waals surface area contributed by atoms with Gasteiger partial charge < -0.3 is 15.0 Å². The molecular weight excluding hydrogens is 450 g/mol. The lowest BCUT2D eigenvalue weighted by Gasteiger charge is -2.25. The maximum Gasteiger partial charge on any atom is 0.407 e. The SMILES string of the molecule is CC(C)(C)OC(=O)NCCC(=O)N=C1S[C@@H]2CS(=O)(=O)C[C@@H]2N1c1ccccc1Cl. The molecule has 2 atom stereocenters. The van der Waals surface area contributed by atoms with E-state index in [1.807, 2.05) is 0 Å². The van der Waals surface area contributed by atoms with Gasteiger partial charge in [0.25, 0.3) is 0 Å². The molecule has 8 nitrogen and oxygen atoms in total. The van der Waals surface area contributed by atoms with Gasteiger partial charge in [0.1, 0.15) is 5.60 Å². The molecule has 30 heavy (non-hydrogen) atoms. The number of hydrogen-bond donors (Lipinski definition) is 1. The maximum atomic E-state index is 12.4. The highest BCUT2D eigenvalue weighted by molar-refractivity contribution is 8.16. The van der Waals surface area contributed by atoms with Gasteiger partial charge in [-0.3, -0.25) is 4.79 Å². The predicted molar refractivity (Wildman–Crippen MR) is 119 cm³/mol. The number of amides is 2. The van der Waals surface area contributed by atoms with Crippen molar-refractivity contribution < 1.29 is 22.7 Å². The summed E-state index contributed by atoms with van der Waals surface area (Å²) in [5.41, 5.74) is -0.00255. The minimum absolute atomic E-state index is 0.00665. The number of fused-ring (bicyclic) bond motifs is 1. The Hall–Kier alpha value is -1.78. The van der Waals surface area contributed by atoms with Crippen molar-refractivity contribution in [2.45, 2.75) is 44.1 Å². The highest BCUT2D eigenvalue weighted by atomic mass is 35.5. The smallest absolute Gasteiger partial charge is 0.407 e. The molecule has 11 heteroatoms. The Balaban J connectivity index is 1.72. The van der Waals surface area contributed by atoms with Gasteiger partial charge in [-0.2, -0.15) is 4.99 Å². The summed E-state index contributed by atoms with van der Waals surface area (Å²) in [6.07, 6.45) is -0.608. The maximum absolute atomic E-state index is 12.4. The lowest BCUT2D eigenvalue weighted by Crippen LogP contribution is -2.38. The Morgan fingerprint density at radius 2 is 2.00 bits per heavy atom. The second kappa shape index (κ2) is 8.76. The quantitative estimate of drug-likeness (QED) is 0.716. The molecule has 2 fully saturated rings. The van der Waals surface area contributed by atoms with E-state index >= 15 is 0 Å². The zero-order valence-electron chi connectivity index (χ0n) is 16.9. The number of aliphatic imine (C=N–C) groups is 1. The first-order valence-corrected chi connectivity index (χ1v) is 12.5. The topological polar surface area (TPSA) is 105 Å². The molecule has 1 N–H and O–H groups in total. The third kappa shape index (κ3) is 5.67. The number of hydrogen-bond acceptors (Lipinski definition) is 6. The molecule has 2 aliphatic heterocycles. The lowest BCUT2D eigenvalue weighted by atomic mass is 10.2. The summed E-state index contributed by atoms with van der Waals surface area (Å²) in [6, 6.07) is 6.74. The molecule has 0 radical (unpaired) electrons. The highest BCUT2D eigenvalue weighted by Crippen LogP contribution is 2.42. The summed E-state index contributed by atoms with van der Waals surface area (Å²) in [5, 5.41) is 3.19. The van der Waals surface area contributed by atoms with Gasteiger partial charge in [-0.15, -0.1) is 0 Å². The number of ether oxygens (including phenoxy) is 1. The molecule has 3 rings (SSSR count). The van der Waals surface area contributed by atoms with Gasteiger partial charge in [0, 0.05) is 18.2 Å². The van der Waals surface area contributed by atoms with Gasteiger partial charge in [0.05, 0.1) is 28.3 Å². The number of thioether (sulfide) groups is 1. The Labute approximate surface area is 185 Å². The first-order valence-electron chi connectivity index (χ1n) is 9.44. The predicted octanol–water partition coefficient (Wildman–Crippen LogP) is 2.86. The van der Waals surface area contributed by atoms with Crippen LogP contribution in [0.1, 0.15) is 27.2 Å². The Morgan fingerprint density at radius 3 is 2.67 bits per heavy atom. The first kappa shape index (κ1) is 22.9. The van der Waals surface area contributed by atoms with Crippen LogP contribution in [-0.2, 0) is 19.4 Å². The van der Waals surface area contributed by atoms with Gasteiger partial charge >= 0.3 is 6.09 Å². The van der Waals surface area contributed by atoms with E-state index in [9.17, 15) is 18.0 Å². The average Bonchev–Trinajstić information content (AvgIpc) is 3.05. The van der Waals surface area contributed by atoms with Crippen molar-refractivity contribution in [3.05, 3.63) is 29.3 Å². The minimum atomic E-state index is -3.16. The molecule has 2 amide bonds.